The zero-order chi connectivity index (χ0) is 13.7. The molecule has 19 heavy (non-hydrogen) atoms. The van der Waals surface area contributed by atoms with Crippen LogP contribution < -0.4 is 10.1 Å². The minimum Gasteiger partial charge on any atom is -0.493 e. The average molecular weight is 284 g/mol. The van der Waals surface area contributed by atoms with Crippen LogP contribution in [0.5, 0.6) is 5.75 Å². The van der Waals surface area contributed by atoms with Crippen molar-refractivity contribution in [3.8, 4) is 5.75 Å². The van der Waals surface area contributed by atoms with Crippen LogP contribution in [0.3, 0.4) is 0 Å². The highest BCUT2D eigenvalue weighted by atomic mass is 35.5. The first-order chi connectivity index (χ1) is 9.20. The Kier molecular flexibility index (Phi) is 5.49. The Labute approximate surface area is 119 Å². The van der Waals surface area contributed by atoms with Gasteiger partial charge in [0.1, 0.15) is 5.75 Å². The highest BCUT2D eigenvalue weighted by Gasteiger charge is 2.17. The predicted octanol–water partition coefficient (Wildman–Crippen LogP) is 2.77. The molecule has 1 atom stereocenters. The van der Waals surface area contributed by atoms with Crippen LogP contribution in [-0.2, 0) is 13.0 Å². The number of ether oxygens (including phenoxy) is 1. The third-order valence-corrected chi connectivity index (χ3v) is 3.72. The van der Waals surface area contributed by atoms with Crippen molar-refractivity contribution in [2.75, 3.05) is 19.8 Å². The largest absolute Gasteiger partial charge is 0.493 e. The Morgan fingerprint density at radius 3 is 3.11 bits per heavy atom. The molecule has 0 saturated carbocycles. The molecule has 0 aromatic heterocycles. The number of rotatable bonds is 7. The Balaban J connectivity index is 1.80. The van der Waals surface area contributed by atoms with E-state index in [0.29, 0.717) is 5.92 Å². The molecule has 1 aromatic carbocycles. The molecule has 106 valence electrons. The fraction of sp³-hybridized carbons (Fsp3) is 0.600. The molecule has 0 bridgehead atoms. The molecule has 2 rings (SSSR count). The average Bonchev–Trinajstić information content (AvgIpc) is 2.85. The summed E-state index contributed by atoms with van der Waals surface area (Å²) in [5.74, 6) is 1.40. The molecule has 0 fully saturated rings. The molecule has 1 aromatic rings. The molecule has 1 unspecified atom stereocenters. The van der Waals surface area contributed by atoms with Gasteiger partial charge in [0, 0.05) is 30.2 Å². The fourth-order valence-electron chi connectivity index (χ4n) is 2.37. The second kappa shape index (κ2) is 7.13. The molecule has 3 nitrogen and oxygen atoms in total. The van der Waals surface area contributed by atoms with Crippen molar-refractivity contribution in [1.82, 2.24) is 5.32 Å². The normalized spacial score (nSPS) is 15.1. The molecule has 0 aliphatic carbocycles. The van der Waals surface area contributed by atoms with Gasteiger partial charge >= 0.3 is 0 Å². The van der Waals surface area contributed by atoms with E-state index in [0.717, 1.165) is 55.3 Å². The Hall–Kier alpha value is -0.770. The third kappa shape index (κ3) is 4.10. The summed E-state index contributed by atoms with van der Waals surface area (Å²) in [5, 5.41) is 13.2. The van der Waals surface area contributed by atoms with Gasteiger partial charge in [-0.2, -0.15) is 0 Å². The van der Waals surface area contributed by atoms with Crippen molar-refractivity contribution >= 4 is 11.6 Å². The summed E-state index contributed by atoms with van der Waals surface area (Å²) in [6.07, 6.45) is 3.08. The van der Waals surface area contributed by atoms with Gasteiger partial charge in [-0.15, -0.1) is 0 Å². The topological polar surface area (TPSA) is 41.5 Å². The van der Waals surface area contributed by atoms with Crippen molar-refractivity contribution in [3.05, 3.63) is 28.3 Å². The smallest absolute Gasteiger partial charge is 0.127 e. The van der Waals surface area contributed by atoms with Crippen LogP contribution >= 0.6 is 11.6 Å². The first-order valence-electron chi connectivity index (χ1n) is 6.96. The van der Waals surface area contributed by atoms with E-state index in [2.05, 4.69) is 12.2 Å². The van der Waals surface area contributed by atoms with Gasteiger partial charge in [-0.1, -0.05) is 18.5 Å². The number of aliphatic hydroxyl groups excluding tert-OH is 1. The molecule has 1 aliphatic rings. The van der Waals surface area contributed by atoms with E-state index in [4.69, 9.17) is 21.4 Å². The van der Waals surface area contributed by atoms with E-state index in [9.17, 15) is 0 Å². The molecular weight excluding hydrogens is 262 g/mol. The highest BCUT2D eigenvalue weighted by Crippen LogP contribution is 2.32. The van der Waals surface area contributed by atoms with E-state index in [1.165, 1.54) is 5.56 Å². The lowest BCUT2D eigenvalue weighted by atomic mass is 10.1. The van der Waals surface area contributed by atoms with Gasteiger partial charge in [0.05, 0.1) is 6.61 Å². The van der Waals surface area contributed by atoms with Crippen molar-refractivity contribution in [1.29, 1.82) is 0 Å². The maximum Gasteiger partial charge on any atom is 0.127 e. The standard InChI is InChI=1S/C15H22ClNO2/c1-11(10-18)3-2-5-17-9-13-8-14(16)7-12-4-6-19-15(12)13/h7-8,11,17-18H,2-6,9-10H2,1H3. The number of hydrogen-bond donors (Lipinski definition) is 2. The minimum absolute atomic E-state index is 0.273. The zero-order valence-electron chi connectivity index (χ0n) is 11.4. The first-order valence-corrected chi connectivity index (χ1v) is 7.34. The Bertz CT molecular complexity index is 423. The lowest BCUT2D eigenvalue weighted by Crippen LogP contribution is -2.16. The number of benzene rings is 1. The van der Waals surface area contributed by atoms with Crippen LogP contribution in [0.25, 0.3) is 0 Å². The third-order valence-electron chi connectivity index (χ3n) is 3.50. The van der Waals surface area contributed by atoms with Gasteiger partial charge < -0.3 is 15.2 Å². The number of hydrogen-bond acceptors (Lipinski definition) is 3. The fourth-order valence-corrected chi connectivity index (χ4v) is 2.63. The summed E-state index contributed by atoms with van der Waals surface area (Å²) < 4.78 is 5.67. The first kappa shape index (κ1) is 14.6. The monoisotopic (exact) mass is 283 g/mol. The number of aliphatic hydroxyl groups is 1. The summed E-state index contributed by atoms with van der Waals surface area (Å²) in [7, 11) is 0. The van der Waals surface area contributed by atoms with Gasteiger partial charge in [0.2, 0.25) is 0 Å². The van der Waals surface area contributed by atoms with Gasteiger partial charge in [-0.3, -0.25) is 0 Å². The zero-order valence-corrected chi connectivity index (χ0v) is 12.2. The number of fused-ring (bicyclic) bond motifs is 1. The van der Waals surface area contributed by atoms with E-state index in [-0.39, 0.29) is 6.61 Å². The maximum absolute atomic E-state index is 8.95. The van der Waals surface area contributed by atoms with Gasteiger partial charge in [-0.25, -0.2) is 0 Å². The van der Waals surface area contributed by atoms with Crippen molar-refractivity contribution < 1.29 is 9.84 Å². The van der Waals surface area contributed by atoms with Crippen molar-refractivity contribution in [2.45, 2.75) is 32.7 Å². The summed E-state index contributed by atoms with van der Waals surface area (Å²) in [4.78, 5) is 0. The summed E-state index contributed by atoms with van der Waals surface area (Å²) in [5.41, 5.74) is 2.37. The Morgan fingerprint density at radius 2 is 2.32 bits per heavy atom. The van der Waals surface area contributed by atoms with Gasteiger partial charge in [0.15, 0.2) is 0 Å². The van der Waals surface area contributed by atoms with E-state index in [1.54, 1.807) is 0 Å². The van der Waals surface area contributed by atoms with E-state index < -0.39 is 0 Å². The lowest BCUT2D eigenvalue weighted by molar-refractivity contribution is 0.228. The highest BCUT2D eigenvalue weighted by molar-refractivity contribution is 6.30. The van der Waals surface area contributed by atoms with E-state index in [1.807, 2.05) is 12.1 Å². The quantitative estimate of drug-likeness (QED) is 0.756. The second-order valence-corrected chi connectivity index (χ2v) is 5.69. The van der Waals surface area contributed by atoms with Gasteiger partial charge in [0.25, 0.3) is 0 Å². The maximum atomic E-state index is 8.95. The van der Waals surface area contributed by atoms with Crippen LogP contribution in [0, 0.1) is 5.92 Å². The second-order valence-electron chi connectivity index (χ2n) is 5.26. The summed E-state index contributed by atoms with van der Waals surface area (Å²) >= 11 is 6.12. The molecule has 1 heterocycles. The molecule has 0 amide bonds. The molecular formula is C15H22ClNO2. The minimum atomic E-state index is 0.273. The summed E-state index contributed by atoms with van der Waals surface area (Å²) in [6.45, 7) is 4.84. The molecule has 0 saturated heterocycles. The predicted molar refractivity (Wildman–Crippen MR) is 77.8 cm³/mol. The lowest BCUT2D eigenvalue weighted by Gasteiger charge is -2.11. The molecule has 0 spiro atoms. The summed E-state index contributed by atoms with van der Waals surface area (Å²) in [6, 6.07) is 3.98. The molecule has 0 radical (unpaired) electrons. The molecule has 2 N–H and O–H groups in total. The van der Waals surface area contributed by atoms with Gasteiger partial charge in [-0.05, 0) is 43.0 Å². The molecule has 4 heteroatoms. The number of nitrogens with one attached hydrogen (secondary N) is 1. The number of halogens is 1. The van der Waals surface area contributed by atoms with Crippen LogP contribution in [0.1, 0.15) is 30.9 Å². The molecule has 1 aliphatic heterocycles. The SMILES string of the molecule is CC(CO)CCCNCc1cc(Cl)cc2c1OCC2. The van der Waals surface area contributed by atoms with Crippen molar-refractivity contribution in [3.63, 3.8) is 0 Å². The van der Waals surface area contributed by atoms with Crippen LogP contribution in [0.4, 0.5) is 0 Å². The van der Waals surface area contributed by atoms with E-state index >= 15 is 0 Å². The van der Waals surface area contributed by atoms with Crippen LogP contribution in [0.15, 0.2) is 12.1 Å². The van der Waals surface area contributed by atoms with Crippen LogP contribution in [-0.4, -0.2) is 24.9 Å². The van der Waals surface area contributed by atoms with Crippen molar-refractivity contribution in [2.24, 2.45) is 5.92 Å². The van der Waals surface area contributed by atoms with Crippen LogP contribution in [0.2, 0.25) is 5.02 Å². The Morgan fingerprint density at radius 1 is 1.47 bits per heavy atom.